The standard InChI is InChI=1S/C10H17NO2/c1-3-5-7-10(13)11-8-9(12)6-4-2/h1,9,12H,4-8H2,2H3,(H,11,13). The van der Waals surface area contributed by atoms with Gasteiger partial charge in [-0.2, -0.15) is 0 Å². The fraction of sp³-hybridized carbons (Fsp3) is 0.700. The van der Waals surface area contributed by atoms with Crippen molar-refractivity contribution in [3.8, 4) is 12.3 Å². The highest BCUT2D eigenvalue weighted by atomic mass is 16.3. The number of rotatable bonds is 6. The van der Waals surface area contributed by atoms with Gasteiger partial charge in [-0.25, -0.2) is 0 Å². The minimum Gasteiger partial charge on any atom is -0.391 e. The van der Waals surface area contributed by atoms with E-state index in [0.717, 1.165) is 12.8 Å². The van der Waals surface area contributed by atoms with Gasteiger partial charge in [0.25, 0.3) is 0 Å². The maximum Gasteiger partial charge on any atom is 0.221 e. The first-order valence-corrected chi connectivity index (χ1v) is 4.59. The largest absolute Gasteiger partial charge is 0.391 e. The molecule has 0 aliphatic carbocycles. The minimum absolute atomic E-state index is 0.0897. The molecule has 0 saturated heterocycles. The van der Waals surface area contributed by atoms with E-state index in [1.54, 1.807) is 0 Å². The zero-order valence-electron chi connectivity index (χ0n) is 8.05. The summed E-state index contributed by atoms with van der Waals surface area (Å²) >= 11 is 0. The van der Waals surface area contributed by atoms with Crippen LogP contribution in [0.2, 0.25) is 0 Å². The second-order valence-electron chi connectivity index (χ2n) is 2.95. The van der Waals surface area contributed by atoms with E-state index in [9.17, 15) is 9.90 Å². The van der Waals surface area contributed by atoms with E-state index < -0.39 is 6.10 Å². The number of carbonyl (C=O) groups is 1. The van der Waals surface area contributed by atoms with E-state index in [-0.39, 0.29) is 5.91 Å². The van der Waals surface area contributed by atoms with Crippen LogP contribution in [0.1, 0.15) is 32.6 Å². The second-order valence-corrected chi connectivity index (χ2v) is 2.95. The van der Waals surface area contributed by atoms with Crippen LogP contribution in [0.15, 0.2) is 0 Å². The molecule has 1 unspecified atom stereocenters. The van der Waals surface area contributed by atoms with Crippen molar-refractivity contribution < 1.29 is 9.90 Å². The summed E-state index contributed by atoms with van der Waals surface area (Å²) in [6.07, 6.45) is 7.00. The lowest BCUT2D eigenvalue weighted by molar-refractivity contribution is -0.121. The monoisotopic (exact) mass is 183 g/mol. The summed E-state index contributed by atoms with van der Waals surface area (Å²) in [5.41, 5.74) is 0. The molecule has 3 heteroatoms. The third-order valence-electron chi connectivity index (χ3n) is 1.65. The van der Waals surface area contributed by atoms with Crippen molar-refractivity contribution in [3.05, 3.63) is 0 Å². The Balaban J connectivity index is 3.41. The summed E-state index contributed by atoms with van der Waals surface area (Å²) in [6.45, 7) is 2.32. The number of terminal acetylenes is 1. The van der Waals surface area contributed by atoms with Crippen molar-refractivity contribution >= 4 is 5.91 Å². The summed E-state index contributed by atoms with van der Waals surface area (Å²) in [7, 11) is 0. The molecule has 74 valence electrons. The van der Waals surface area contributed by atoms with Gasteiger partial charge in [0, 0.05) is 19.4 Å². The maximum absolute atomic E-state index is 11.0. The second kappa shape index (κ2) is 7.63. The first-order valence-electron chi connectivity index (χ1n) is 4.59. The number of hydrogen-bond donors (Lipinski definition) is 2. The van der Waals surface area contributed by atoms with E-state index in [2.05, 4.69) is 11.2 Å². The fourth-order valence-corrected chi connectivity index (χ4v) is 0.941. The molecule has 0 radical (unpaired) electrons. The smallest absolute Gasteiger partial charge is 0.221 e. The molecule has 13 heavy (non-hydrogen) atoms. The van der Waals surface area contributed by atoms with Gasteiger partial charge < -0.3 is 10.4 Å². The van der Waals surface area contributed by atoms with Crippen LogP contribution in [0.5, 0.6) is 0 Å². The van der Waals surface area contributed by atoms with Crippen LogP contribution in [0.25, 0.3) is 0 Å². The van der Waals surface area contributed by atoms with Gasteiger partial charge in [-0.1, -0.05) is 13.3 Å². The molecule has 0 fully saturated rings. The highest BCUT2D eigenvalue weighted by Crippen LogP contribution is 1.94. The maximum atomic E-state index is 11.0. The van der Waals surface area contributed by atoms with Crippen LogP contribution in [0, 0.1) is 12.3 Å². The van der Waals surface area contributed by atoms with Crippen molar-refractivity contribution in [3.63, 3.8) is 0 Å². The molecule has 0 aromatic carbocycles. The van der Waals surface area contributed by atoms with Gasteiger partial charge in [-0.05, 0) is 6.42 Å². The Hall–Kier alpha value is -1.01. The van der Waals surface area contributed by atoms with Gasteiger partial charge >= 0.3 is 0 Å². The third kappa shape index (κ3) is 7.35. The first kappa shape index (κ1) is 12.0. The SMILES string of the molecule is C#CCCC(=O)NCC(O)CCC. The molecular formula is C10H17NO2. The molecule has 1 atom stereocenters. The van der Waals surface area contributed by atoms with Crippen molar-refractivity contribution in [1.82, 2.24) is 5.32 Å². The lowest BCUT2D eigenvalue weighted by Crippen LogP contribution is -2.31. The normalized spacial score (nSPS) is 11.8. The molecule has 0 aliphatic rings. The summed E-state index contributed by atoms with van der Waals surface area (Å²) < 4.78 is 0. The number of nitrogens with one attached hydrogen (secondary N) is 1. The summed E-state index contributed by atoms with van der Waals surface area (Å²) in [6, 6.07) is 0. The molecule has 0 spiro atoms. The predicted molar refractivity (Wildman–Crippen MR) is 52.0 cm³/mol. The number of amides is 1. The van der Waals surface area contributed by atoms with Crippen LogP contribution >= 0.6 is 0 Å². The lowest BCUT2D eigenvalue weighted by Gasteiger charge is -2.09. The van der Waals surface area contributed by atoms with Gasteiger partial charge in [0.05, 0.1) is 6.10 Å². The highest BCUT2D eigenvalue weighted by molar-refractivity contribution is 5.76. The number of carbonyl (C=O) groups excluding carboxylic acids is 1. The molecule has 0 aliphatic heterocycles. The Morgan fingerprint density at radius 3 is 2.92 bits per heavy atom. The Kier molecular flexibility index (Phi) is 7.04. The third-order valence-corrected chi connectivity index (χ3v) is 1.65. The van der Waals surface area contributed by atoms with E-state index >= 15 is 0 Å². The lowest BCUT2D eigenvalue weighted by atomic mass is 10.2. The molecule has 2 N–H and O–H groups in total. The molecular weight excluding hydrogens is 166 g/mol. The Morgan fingerprint density at radius 2 is 2.38 bits per heavy atom. The first-order chi connectivity index (χ1) is 6.20. The molecule has 0 aromatic heterocycles. The average molecular weight is 183 g/mol. The van der Waals surface area contributed by atoms with E-state index in [0.29, 0.717) is 19.4 Å². The van der Waals surface area contributed by atoms with Crippen LogP contribution in [0.4, 0.5) is 0 Å². The summed E-state index contributed by atoms with van der Waals surface area (Å²) in [5.74, 6) is 2.30. The Labute approximate surface area is 79.5 Å². The van der Waals surface area contributed by atoms with E-state index in [1.165, 1.54) is 0 Å². The average Bonchev–Trinajstić information content (AvgIpc) is 2.12. The van der Waals surface area contributed by atoms with Gasteiger partial charge in [-0.15, -0.1) is 12.3 Å². The van der Waals surface area contributed by atoms with Gasteiger partial charge in [0.1, 0.15) is 0 Å². The van der Waals surface area contributed by atoms with E-state index in [4.69, 9.17) is 6.42 Å². The molecule has 1 amide bonds. The Morgan fingerprint density at radius 1 is 1.69 bits per heavy atom. The number of aliphatic hydroxyl groups is 1. The molecule has 3 nitrogen and oxygen atoms in total. The summed E-state index contributed by atoms with van der Waals surface area (Å²) in [4.78, 5) is 11.0. The van der Waals surface area contributed by atoms with Crippen molar-refractivity contribution in [2.24, 2.45) is 0 Å². The topological polar surface area (TPSA) is 49.3 Å². The van der Waals surface area contributed by atoms with Gasteiger partial charge in [-0.3, -0.25) is 4.79 Å². The van der Waals surface area contributed by atoms with Crippen molar-refractivity contribution in [1.29, 1.82) is 0 Å². The van der Waals surface area contributed by atoms with Crippen molar-refractivity contribution in [2.75, 3.05) is 6.54 Å². The van der Waals surface area contributed by atoms with E-state index in [1.807, 2.05) is 6.92 Å². The molecule has 0 saturated carbocycles. The predicted octanol–water partition coefficient (Wildman–Crippen LogP) is 0.677. The van der Waals surface area contributed by atoms with Crippen LogP contribution in [0.3, 0.4) is 0 Å². The number of hydrogen-bond acceptors (Lipinski definition) is 2. The Bertz CT molecular complexity index is 184. The molecule has 0 aromatic rings. The van der Waals surface area contributed by atoms with Gasteiger partial charge in [0.2, 0.25) is 5.91 Å². The highest BCUT2D eigenvalue weighted by Gasteiger charge is 2.04. The summed E-state index contributed by atoms with van der Waals surface area (Å²) in [5, 5.41) is 11.9. The van der Waals surface area contributed by atoms with Crippen LogP contribution in [-0.4, -0.2) is 23.7 Å². The van der Waals surface area contributed by atoms with Gasteiger partial charge in [0.15, 0.2) is 0 Å². The zero-order chi connectivity index (χ0) is 10.1. The quantitative estimate of drug-likeness (QED) is 0.595. The van der Waals surface area contributed by atoms with Crippen LogP contribution < -0.4 is 5.32 Å². The number of aliphatic hydroxyl groups excluding tert-OH is 1. The molecule has 0 bridgehead atoms. The zero-order valence-corrected chi connectivity index (χ0v) is 8.05. The minimum atomic E-state index is -0.431. The molecule has 0 heterocycles. The van der Waals surface area contributed by atoms with Crippen LogP contribution in [-0.2, 0) is 4.79 Å². The molecule has 0 rings (SSSR count). The fourth-order valence-electron chi connectivity index (χ4n) is 0.941. The van der Waals surface area contributed by atoms with Crippen molar-refractivity contribution in [2.45, 2.75) is 38.7 Å².